The van der Waals surface area contributed by atoms with Crippen molar-refractivity contribution >= 4 is 5.82 Å². The van der Waals surface area contributed by atoms with Gasteiger partial charge in [0, 0.05) is 37.9 Å². The lowest BCUT2D eigenvalue weighted by Crippen LogP contribution is -2.40. The molecule has 1 aromatic heterocycles. The molecule has 0 spiro atoms. The number of aromatic nitrogens is 1. The van der Waals surface area contributed by atoms with Crippen LogP contribution >= 0.6 is 0 Å². The number of nitrogens with zero attached hydrogens (tertiary/aromatic N) is 3. The Morgan fingerprint density at radius 2 is 2.10 bits per heavy atom. The van der Waals surface area contributed by atoms with Crippen LogP contribution in [0.4, 0.5) is 5.82 Å². The third-order valence-corrected chi connectivity index (χ3v) is 3.78. The van der Waals surface area contributed by atoms with Gasteiger partial charge in [0.15, 0.2) is 0 Å². The van der Waals surface area contributed by atoms with Gasteiger partial charge in [0.05, 0.1) is 0 Å². The Hall–Kier alpha value is -1.13. The zero-order chi connectivity index (χ0) is 14.5. The monoisotopic (exact) mass is 276 g/mol. The SMILES string of the molecule is CCN(c1ccc(CNC2CC2)cn1)C(C)CN(C)C. The van der Waals surface area contributed by atoms with E-state index in [-0.39, 0.29) is 0 Å². The van der Waals surface area contributed by atoms with E-state index in [1.54, 1.807) is 0 Å². The van der Waals surface area contributed by atoms with Gasteiger partial charge < -0.3 is 15.1 Å². The Labute approximate surface area is 123 Å². The highest BCUT2D eigenvalue weighted by molar-refractivity contribution is 5.40. The van der Waals surface area contributed by atoms with Crippen molar-refractivity contribution in [1.82, 2.24) is 15.2 Å². The van der Waals surface area contributed by atoms with Crippen molar-refractivity contribution < 1.29 is 0 Å². The minimum atomic E-state index is 0.470. The van der Waals surface area contributed by atoms with Gasteiger partial charge in [0.2, 0.25) is 0 Å². The van der Waals surface area contributed by atoms with Gasteiger partial charge in [-0.15, -0.1) is 0 Å². The molecule has 0 bridgehead atoms. The number of hydrogen-bond acceptors (Lipinski definition) is 4. The fourth-order valence-corrected chi connectivity index (χ4v) is 2.57. The van der Waals surface area contributed by atoms with Crippen molar-refractivity contribution in [1.29, 1.82) is 0 Å². The maximum Gasteiger partial charge on any atom is 0.128 e. The summed E-state index contributed by atoms with van der Waals surface area (Å²) in [5, 5.41) is 3.52. The maximum absolute atomic E-state index is 4.64. The molecule has 1 saturated carbocycles. The maximum atomic E-state index is 4.64. The number of likely N-dealkylation sites (N-methyl/N-ethyl adjacent to an activating group) is 2. The minimum Gasteiger partial charge on any atom is -0.353 e. The highest BCUT2D eigenvalue weighted by atomic mass is 15.2. The summed E-state index contributed by atoms with van der Waals surface area (Å²) < 4.78 is 0. The molecule has 0 radical (unpaired) electrons. The average Bonchev–Trinajstić information content (AvgIpc) is 3.22. The second-order valence-corrected chi connectivity index (χ2v) is 6.08. The Balaban J connectivity index is 1.94. The molecule has 1 aliphatic rings. The first-order valence-corrected chi connectivity index (χ1v) is 7.69. The van der Waals surface area contributed by atoms with Crippen molar-refractivity contribution in [2.24, 2.45) is 0 Å². The Bertz CT molecular complexity index is 397. The molecular formula is C16H28N4. The summed E-state index contributed by atoms with van der Waals surface area (Å²) in [4.78, 5) is 9.23. The van der Waals surface area contributed by atoms with Gasteiger partial charge in [0.25, 0.3) is 0 Å². The highest BCUT2D eigenvalue weighted by Gasteiger charge is 2.20. The molecular weight excluding hydrogens is 248 g/mol. The molecule has 1 aromatic rings. The van der Waals surface area contributed by atoms with Gasteiger partial charge in [-0.1, -0.05) is 6.07 Å². The lowest BCUT2D eigenvalue weighted by molar-refractivity contribution is 0.372. The summed E-state index contributed by atoms with van der Waals surface area (Å²) in [6.07, 6.45) is 4.67. The van der Waals surface area contributed by atoms with Crippen LogP contribution in [0.15, 0.2) is 18.3 Å². The largest absolute Gasteiger partial charge is 0.353 e. The third kappa shape index (κ3) is 4.46. The van der Waals surface area contributed by atoms with Crippen molar-refractivity contribution in [3.05, 3.63) is 23.9 Å². The van der Waals surface area contributed by atoms with E-state index in [0.29, 0.717) is 6.04 Å². The molecule has 1 heterocycles. The number of anilines is 1. The van der Waals surface area contributed by atoms with Crippen LogP contribution in [0.25, 0.3) is 0 Å². The van der Waals surface area contributed by atoms with Gasteiger partial charge in [-0.25, -0.2) is 4.98 Å². The topological polar surface area (TPSA) is 31.4 Å². The lowest BCUT2D eigenvalue weighted by Gasteiger charge is -2.31. The van der Waals surface area contributed by atoms with Crippen molar-refractivity contribution in [2.45, 2.75) is 45.3 Å². The smallest absolute Gasteiger partial charge is 0.128 e. The summed E-state index contributed by atoms with van der Waals surface area (Å²) >= 11 is 0. The fourth-order valence-electron chi connectivity index (χ4n) is 2.57. The van der Waals surface area contributed by atoms with Crippen molar-refractivity contribution in [3.63, 3.8) is 0 Å². The summed E-state index contributed by atoms with van der Waals surface area (Å²) in [7, 11) is 4.23. The number of pyridine rings is 1. The van der Waals surface area contributed by atoms with Gasteiger partial charge in [-0.3, -0.25) is 0 Å². The zero-order valence-electron chi connectivity index (χ0n) is 13.3. The molecule has 112 valence electrons. The average molecular weight is 276 g/mol. The van der Waals surface area contributed by atoms with Gasteiger partial charge in [0.1, 0.15) is 5.82 Å². The number of nitrogens with one attached hydrogen (secondary N) is 1. The van der Waals surface area contributed by atoms with Crippen LogP contribution in [0.1, 0.15) is 32.3 Å². The Morgan fingerprint density at radius 3 is 2.60 bits per heavy atom. The summed E-state index contributed by atoms with van der Waals surface area (Å²) in [5.41, 5.74) is 1.27. The molecule has 1 atom stereocenters. The standard InChI is InChI=1S/C16H28N4/c1-5-20(13(2)12-19(3)4)16-9-6-14(11-18-16)10-17-15-7-8-15/h6,9,11,13,15,17H,5,7-8,10,12H2,1-4H3. The first-order valence-electron chi connectivity index (χ1n) is 7.69. The minimum absolute atomic E-state index is 0.470. The third-order valence-electron chi connectivity index (χ3n) is 3.78. The molecule has 1 unspecified atom stereocenters. The highest BCUT2D eigenvalue weighted by Crippen LogP contribution is 2.20. The quantitative estimate of drug-likeness (QED) is 0.788. The summed E-state index contributed by atoms with van der Waals surface area (Å²) in [5.74, 6) is 1.08. The number of hydrogen-bond donors (Lipinski definition) is 1. The molecule has 2 rings (SSSR count). The van der Waals surface area contributed by atoms with Crippen molar-refractivity contribution in [2.75, 3.05) is 32.1 Å². The van der Waals surface area contributed by atoms with E-state index < -0.39 is 0 Å². The Morgan fingerprint density at radius 1 is 1.35 bits per heavy atom. The summed E-state index contributed by atoms with van der Waals surface area (Å²) in [6, 6.07) is 5.57. The predicted molar refractivity (Wildman–Crippen MR) is 85.1 cm³/mol. The van der Waals surface area contributed by atoms with E-state index in [1.807, 2.05) is 6.20 Å². The van der Waals surface area contributed by atoms with Gasteiger partial charge in [-0.2, -0.15) is 0 Å². The van der Waals surface area contributed by atoms with E-state index >= 15 is 0 Å². The molecule has 4 heteroatoms. The molecule has 4 nitrogen and oxygen atoms in total. The predicted octanol–water partition coefficient (Wildman–Crippen LogP) is 2.11. The second-order valence-electron chi connectivity index (χ2n) is 6.08. The first kappa shape index (κ1) is 15.3. The molecule has 1 fully saturated rings. The van der Waals surface area contributed by atoms with Crippen molar-refractivity contribution in [3.8, 4) is 0 Å². The van der Waals surface area contributed by atoms with E-state index in [0.717, 1.165) is 31.5 Å². The first-order chi connectivity index (χ1) is 9.60. The molecule has 1 aliphatic carbocycles. The molecule has 0 amide bonds. The van der Waals surface area contributed by atoms with Crippen LogP contribution in [0, 0.1) is 0 Å². The van der Waals surface area contributed by atoms with E-state index in [2.05, 4.69) is 60.2 Å². The van der Waals surface area contributed by atoms with Gasteiger partial charge in [-0.05, 0) is 52.4 Å². The molecule has 0 aliphatic heterocycles. The van der Waals surface area contributed by atoms with Crippen LogP contribution in [0.5, 0.6) is 0 Å². The lowest BCUT2D eigenvalue weighted by atomic mass is 10.2. The van der Waals surface area contributed by atoms with E-state index in [1.165, 1.54) is 18.4 Å². The van der Waals surface area contributed by atoms with Crippen LogP contribution in [0.3, 0.4) is 0 Å². The summed E-state index contributed by atoms with van der Waals surface area (Å²) in [6.45, 7) is 7.42. The van der Waals surface area contributed by atoms with E-state index in [9.17, 15) is 0 Å². The molecule has 1 N–H and O–H groups in total. The van der Waals surface area contributed by atoms with Crippen LogP contribution in [0.2, 0.25) is 0 Å². The molecule has 0 aromatic carbocycles. The van der Waals surface area contributed by atoms with Gasteiger partial charge >= 0.3 is 0 Å². The van der Waals surface area contributed by atoms with E-state index in [4.69, 9.17) is 0 Å². The zero-order valence-corrected chi connectivity index (χ0v) is 13.3. The molecule has 20 heavy (non-hydrogen) atoms. The molecule has 0 saturated heterocycles. The van der Waals surface area contributed by atoms with Crippen LogP contribution < -0.4 is 10.2 Å². The Kier molecular flexibility index (Phi) is 5.38. The van der Waals surface area contributed by atoms with Crippen LogP contribution in [-0.4, -0.2) is 49.2 Å². The van der Waals surface area contributed by atoms with Crippen LogP contribution in [-0.2, 0) is 6.54 Å². The number of rotatable bonds is 8. The fraction of sp³-hybridized carbons (Fsp3) is 0.688. The second kappa shape index (κ2) is 7.04. The normalized spacial score (nSPS) is 16.4.